The van der Waals surface area contributed by atoms with Crippen LogP contribution >= 0.6 is 0 Å². The highest BCUT2D eigenvalue weighted by Crippen LogP contribution is 2.10. The minimum atomic E-state index is -0.371. The van der Waals surface area contributed by atoms with Crippen molar-refractivity contribution in [1.29, 1.82) is 0 Å². The van der Waals surface area contributed by atoms with Gasteiger partial charge in [0, 0.05) is 12.6 Å². The summed E-state index contributed by atoms with van der Waals surface area (Å²) in [5.74, 6) is -0.0660. The number of aliphatic imine (C=N–C) groups is 1. The first-order chi connectivity index (χ1) is 7.19. The van der Waals surface area contributed by atoms with E-state index in [1.807, 2.05) is 6.92 Å². The number of hydrogen-bond acceptors (Lipinski definition) is 3. The highest BCUT2D eigenvalue weighted by Gasteiger charge is 2.07. The summed E-state index contributed by atoms with van der Waals surface area (Å²) >= 11 is 0. The van der Waals surface area contributed by atoms with Crippen molar-refractivity contribution in [3.05, 3.63) is 35.1 Å². The molecule has 0 heterocycles. The average molecular weight is 210 g/mol. The molecular weight excluding hydrogens is 199 g/mol. The van der Waals surface area contributed by atoms with Crippen LogP contribution in [0.1, 0.15) is 11.1 Å². The Bertz CT molecular complexity index is 391. The molecule has 0 aliphatic heterocycles. The predicted molar refractivity (Wildman–Crippen MR) is 53.9 cm³/mol. The van der Waals surface area contributed by atoms with E-state index in [0.717, 1.165) is 5.56 Å². The Hall–Kier alpha value is -1.91. The lowest BCUT2D eigenvalue weighted by atomic mass is 10.1. The number of rotatable bonds is 3. The molecule has 1 aromatic carbocycles. The number of halogens is 1. The molecule has 4 nitrogen and oxygen atoms in total. The summed E-state index contributed by atoms with van der Waals surface area (Å²) in [4.78, 5) is 18.2. The Morgan fingerprint density at radius 2 is 2.33 bits per heavy atom. The lowest BCUT2D eigenvalue weighted by molar-refractivity contribution is -0.132. The first-order valence-corrected chi connectivity index (χ1v) is 4.27. The zero-order valence-corrected chi connectivity index (χ0v) is 8.45. The molecular formula is C10H11FN2O2. The van der Waals surface area contributed by atoms with E-state index in [1.54, 1.807) is 6.07 Å². The second kappa shape index (κ2) is 5.09. The molecule has 0 radical (unpaired) electrons. The van der Waals surface area contributed by atoms with Crippen LogP contribution in [0.3, 0.4) is 0 Å². The van der Waals surface area contributed by atoms with Crippen molar-refractivity contribution >= 4 is 12.3 Å². The molecule has 0 aromatic heterocycles. The predicted octanol–water partition coefficient (Wildman–Crippen LogP) is 1.19. The summed E-state index contributed by atoms with van der Waals surface area (Å²) < 4.78 is 13.0. The lowest BCUT2D eigenvalue weighted by Gasteiger charge is -2.09. The fourth-order valence-electron chi connectivity index (χ4n) is 1.15. The maximum absolute atomic E-state index is 13.0. The number of carbonyl (C=O) groups excluding carboxylic acids is 1. The molecule has 0 spiro atoms. The highest BCUT2D eigenvalue weighted by atomic mass is 19.1. The summed E-state index contributed by atoms with van der Waals surface area (Å²) in [7, 11) is 1.51. The Morgan fingerprint density at radius 1 is 1.60 bits per heavy atom. The van der Waals surface area contributed by atoms with Gasteiger partial charge in [-0.25, -0.2) is 9.87 Å². The monoisotopic (exact) mass is 210 g/mol. The van der Waals surface area contributed by atoms with Gasteiger partial charge < -0.3 is 4.84 Å². The van der Waals surface area contributed by atoms with Crippen LogP contribution < -0.4 is 5.48 Å². The van der Waals surface area contributed by atoms with Crippen molar-refractivity contribution < 1.29 is 14.0 Å². The molecule has 1 aromatic rings. The van der Waals surface area contributed by atoms with Gasteiger partial charge in [-0.1, -0.05) is 6.07 Å². The van der Waals surface area contributed by atoms with Gasteiger partial charge in [0.1, 0.15) is 5.82 Å². The largest absolute Gasteiger partial charge is 0.345 e. The molecule has 0 aliphatic carbocycles. The maximum Gasteiger partial charge on any atom is 0.320 e. The second-order valence-corrected chi connectivity index (χ2v) is 2.85. The number of hydrogen-bond donors (Lipinski definition) is 1. The Morgan fingerprint density at radius 3 is 2.93 bits per heavy atom. The molecule has 0 fully saturated rings. The third-order valence-electron chi connectivity index (χ3n) is 1.88. The van der Waals surface area contributed by atoms with Crippen molar-refractivity contribution in [2.75, 3.05) is 7.05 Å². The van der Waals surface area contributed by atoms with E-state index in [0.29, 0.717) is 11.4 Å². The van der Waals surface area contributed by atoms with Crippen molar-refractivity contribution in [2.24, 2.45) is 4.99 Å². The SMILES string of the molecule is CN=C(NOC=O)c1cc(F)ccc1C. The van der Waals surface area contributed by atoms with Crippen molar-refractivity contribution in [3.8, 4) is 0 Å². The first kappa shape index (κ1) is 11.2. The zero-order chi connectivity index (χ0) is 11.3. The molecule has 5 heteroatoms. The topological polar surface area (TPSA) is 50.7 Å². The van der Waals surface area contributed by atoms with Crippen LogP contribution in [0.4, 0.5) is 4.39 Å². The number of benzene rings is 1. The van der Waals surface area contributed by atoms with Crippen LogP contribution in [0.5, 0.6) is 0 Å². The summed E-state index contributed by atoms with van der Waals surface area (Å²) in [5, 5.41) is 0. The van der Waals surface area contributed by atoms with Crippen LogP contribution in [-0.2, 0) is 9.63 Å². The number of aryl methyl sites for hydroxylation is 1. The minimum absolute atomic E-state index is 0.236. The first-order valence-electron chi connectivity index (χ1n) is 4.27. The van der Waals surface area contributed by atoms with Crippen LogP contribution in [0.2, 0.25) is 0 Å². The number of nitrogens with zero attached hydrogens (tertiary/aromatic N) is 1. The van der Waals surface area contributed by atoms with Gasteiger partial charge in [0.25, 0.3) is 0 Å². The number of carbonyl (C=O) groups is 1. The average Bonchev–Trinajstić information content (AvgIpc) is 2.24. The van der Waals surface area contributed by atoms with Crippen LogP contribution in [0, 0.1) is 12.7 Å². The third-order valence-corrected chi connectivity index (χ3v) is 1.88. The lowest BCUT2D eigenvalue weighted by Crippen LogP contribution is -2.25. The Labute approximate surface area is 86.7 Å². The molecule has 0 saturated heterocycles. The maximum atomic E-state index is 13.0. The van der Waals surface area contributed by atoms with E-state index >= 15 is 0 Å². The fourth-order valence-corrected chi connectivity index (χ4v) is 1.15. The molecule has 0 atom stereocenters. The van der Waals surface area contributed by atoms with Crippen molar-refractivity contribution in [2.45, 2.75) is 6.92 Å². The summed E-state index contributed by atoms with van der Waals surface area (Å²) in [6.07, 6.45) is 0. The quantitative estimate of drug-likeness (QED) is 0.353. The standard InChI is InChI=1S/C10H11FN2O2/c1-7-3-4-8(11)5-9(7)10(12-2)13-15-6-14/h3-6H,1-2H3,(H,12,13). The molecule has 15 heavy (non-hydrogen) atoms. The van der Waals surface area contributed by atoms with Gasteiger partial charge in [-0.15, -0.1) is 0 Å². The molecule has 0 saturated carbocycles. The van der Waals surface area contributed by atoms with E-state index in [4.69, 9.17) is 0 Å². The molecule has 1 N–H and O–H groups in total. The molecule has 0 aliphatic rings. The summed E-state index contributed by atoms with van der Waals surface area (Å²) in [6, 6.07) is 4.30. The van der Waals surface area contributed by atoms with Gasteiger partial charge in [-0.05, 0) is 24.6 Å². The highest BCUT2D eigenvalue weighted by molar-refractivity contribution is 5.99. The van der Waals surface area contributed by atoms with E-state index in [1.165, 1.54) is 19.2 Å². The summed E-state index contributed by atoms with van der Waals surface area (Å²) in [6.45, 7) is 2.04. The van der Waals surface area contributed by atoms with Crippen LogP contribution in [0.15, 0.2) is 23.2 Å². The molecule has 0 unspecified atom stereocenters. The summed E-state index contributed by atoms with van der Waals surface area (Å²) in [5.41, 5.74) is 3.71. The van der Waals surface area contributed by atoms with E-state index in [2.05, 4.69) is 15.3 Å². The van der Waals surface area contributed by atoms with E-state index < -0.39 is 0 Å². The minimum Gasteiger partial charge on any atom is -0.345 e. The van der Waals surface area contributed by atoms with Gasteiger partial charge in [0.2, 0.25) is 0 Å². The van der Waals surface area contributed by atoms with Gasteiger partial charge in [0.05, 0.1) is 0 Å². The van der Waals surface area contributed by atoms with Gasteiger partial charge >= 0.3 is 6.47 Å². The Kier molecular flexibility index (Phi) is 3.79. The number of hydroxylamine groups is 1. The van der Waals surface area contributed by atoms with Gasteiger partial charge in [-0.3, -0.25) is 9.79 Å². The third kappa shape index (κ3) is 2.77. The molecule has 0 amide bonds. The normalized spacial score (nSPS) is 11.0. The van der Waals surface area contributed by atoms with Crippen LogP contribution in [0.25, 0.3) is 0 Å². The Balaban J connectivity index is 3.01. The number of nitrogens with one attached hydrogen (secondary N) is 1. The van der Waals surface area contributed by atoms with Gasteiger partial charge in [-0.2, -0.15) is 0 Å². The number of amidine groups is 1. The molecule has 1 rings (SSSR count). The molecule has 0 bridgehead atoms. The van der Waals surface area contributed by atoms with Crippen LogP contribution in [-0.4, -0.2) is 19.4 Å². The van der Waals surface area contributed by atoms with Crippen molar-refractivity contribution in [1.82, 2.24) is 5.48 Å². The zero-order valence-electron chi connectivity index (χ0n) is 8.45. The van der Waals surface area contributed by atoms with Crippen molar-refractivity contribution in [3.63, 3.8) is 0 Å². The second-order valence-electron chi connectivity index (χ2n) is 2.85. The fraction of sp³-hybridized carbons (Fsp3) is 0.200. The van der Waals surface area contributed by atoms with E-state index in [-0.39, 0.29) is 12.3 Å². The van der Waals surface area contributed by atoms with Gasteiger partial charge in [0.15, 0.2) is 5.84 Å². The smallest absolute Gasteiger partial charge is 0.320 e. The van der Waals surface area contributed by atoms with E-state index in [9.17, 15) is 9.18 Å². The molecule has 80 valence electrons.